The predicted octanol–water partition coefficient (Wildman–Crippen LogP) is 1.29. The highest BCUT2D eigenvalue weighted by atomic mass is 19.4. The van der Waals surface area contributed by atoms with Gasteiger partial charge in [-0.3, -0.25) is 14.7 Å². The lowest BCUT2D eigenvalue weighted by atomic mass is 9.71. The highest BCUT2D eigenvalue weighted by Gasteiger charge is 2.43. The van der Waals surface area contributed by atoms with Crippen molar-refractivity contribution in [1.82, 2.24) is 19.8 Å². The number of nitrogens with zero attached hydrogens (tertiary/aromatic N) is 5. The van der Waals surface area contributed by atoms with E-state index in [-0.39, 0.29) is 18.0 Å². The van der Waals surface area contributed by atoms with E-state index in [1.54, 1.807) is 29.6 Å². The fourth-order valence-corrected chi connectivity index (χ4v) is 4.84. The van der Waals surface area contributed by atoms with E-state index in [2.05, 4.69) is 19.8 Å². The summed E-state index contributed by atoms with van der Waals surface area (Å²) < 4.78 is 40.8. The number of aromatic nitrogens is 2. The number of hydrogen-bond acceptors (Lipinski definition) is 8. The molecule has 212 valence electrons. The minimum atomic E-state index is -4.43. The van der Waals surface area contributed by atoms with E-state index >= 15 is 0 Å². The number of likely N-dealkylation sites (tertiary alicyclic amines) is 1. The SMILES string of the molecule is NCC1(c2ccccc2C(F)(F)F)CCN(C(=O)CN2CCN(c3cnccn3)CC2)CC1.O=C(O)C(=O)O. The standard InChI is InChI=1S/C23H29F3N6O.C2H2O4/c24-23(25,26)19-4-2-1-3-18(19)22(17-27)5-9-32(10-6-22)21(33)16-30-11-13-31(14-12-30)20-15-28-7-8-29-20;3-1(4)2(5)6/h1-4,7-8,15H,5-6,9-14,16-17,27H2;(H,3,4)(H,5,6). The van der Waals surface area contributed by atoms with Crippen molar-refractivity contribution < 1.29 is 37.8 Å². The summed E-state index contributed by atoms with van der Waals surface area (Å²) in [5, 5.41) is 14.8. The fourth-order valence-electron chi connectivity index (χ4n) is 4.84. The maximum Gasteiger partial charge on any atom is 0.416 e. The molecule has 0 radical (unpaired) electrons. The first kappa shape index (κ1) is 29.8. The minimum absolute atomic E-state index is 0.0117. The summed E-state index contributed by atoms with van der Waals surface area (Å²) in [4.78, 5) is 45.5. The van der Waals surface area contributed by atoms with Crippen molar-refractivity contribution in [1.29, 1.82) is 0 Å². The van der Waals surface area contributed by atoms with Gasteiger partial charge in [-0.15, -0.1) is 0 Å². The normalized spacial score (nSPS) is 17.6. The number of carboxylic acid groups (broad SMARTS) is 2. The molecule has 39 heavy (non-hydrogen) atoms. The second-order valence-electron chi connectivity index (χ2n) is 9.35. The van der Waals surface area contributed by atoms with Crippen LogP contribution in [0, 0.1) is 0 Å². The van der Waals surface area contributed by atoms with Crippen LogP contribution < -0.4 is 10.6 Å². The van der Waals surface area contributed by atoms with Gasteiger partial charge in [0.15, 0.2) is 0 Å². The average Bonchev–Trinajstić information content (AvgIpc) is 2.94. The molecule has 4 N–H and O–H groups in total. The highest BCUT2D eigenvalue weighted by Crippen LogP contribution is 2.42. The molecule has 1 aromatic heterocycles. The maximum atomic E-state index is 13.6. The molecule has 0 spiro atoms. The van der Waals surface area contributed by atoms with E-state index in [1.807, 2.05) is 0 Å². The zero-order valence-corrected chi connectivity index (χ0v) is 21.2. The molecule has 2 aliphatic heterocycles. The highest BCUT2D eigenvalue weighted by molar-refractivity contribution is 6.27. The fraction of sp³-hybridized carbons (Fsp3) is 0.480. The number of aliphatic carboxylic acids is 2. The first-order chi connectivity index (χ1) is 18.5. The number of rotatable bonds is 5. The van der Waals surface area contributed by atoms with Gasteiger partial charge in [-0.25, -0.2) is 14.6 Å². The zero-order chi connectivity index (χ0) is 28.6. The molecular weight excluding hydrogens is 521 g/mol. The lowest BCUT2D eigenvalue weighted by Crippen LogP contribution is -2.53. The molecule has 0 unspecified atom stereocenters. The molecule has 3 heterocycles. The number of carbonyl (C=O) groups excluding carboxylic acids is 1. The number of amides is 1. The Morgan fingerprint density at radius 2 is 1.56 bits per heavy atom. The van der Waals surface area contributed by atoms with Crippen molar-refractivity contribution in [3.8, 4) is 0 Å². The molecular formula is C25H31F3N6O5. The van der Waals surface area contributed by atoms with Crippen LogP contribution >= 0.6 is 0 Å². The first-order valence-corrected chi connectivity index (χ1v) is 12.3. The van der Waals surface area contributed by atoms with Crippen LogP contribution in [0.2, 0.25) is 0 Å². The Morgan fingerprint density at radius 1 is 0.949 bits per heavy atom. The number of hydrogen-bond donors (Lipinski definition) is 3. The van der Waals surface area contributed by atoms with Crippen LogP contribution in [-0.2, 0) is 26.0 Å². The van der Waals surface area contributed by atoms with Crippen molar-refractivity contribution in [2.45, 2.75) is 24.4 Å². The van der Waals surface area contributed by atoms with Crippen molar-refractivity contribution in [2.75, 3.05) is 57.3 Å². The van der Waals surface area contributed by atoms with Crippen LogP contribution in [0.1, 0.15) is 24.0 Å². The number of carboxylic acids is 2. The molecule has 0 atom stereocenters. The molecule has 2 saturated heterocycles. The van der Waals surface area contributed by atoms with Gasteiger partial charge in [0, 0.05) is 63.6 Å². The molecule has 4 rings (SSSR count). The van der Waals surface area contributed by atoms with Gasteiger partial charge in [-0.05, 0) is 24.5 Å². The van der Waals surface area contributed by atoms with Crippen molar-refractivity contribution >= 4 is 23.7 Å². The lowest BCUT2D eigenvalue weighted by Gasteiger charge is -2.43. The summed E-state index contributed by atoms with van der Waals surface area (Å²) in [6.07, 6.45) is 1.44. The van der Waals surface area contributed by atoms with Crippen molar-refractivity contribution in [3.05, 3.63) is 54.0 Å². The van der Waals surface area contributed by atoms with E-state index in [4.69, 9.17) is 25.5 Å². The molecule has 0 saturated carbocycles. The van der Waals surface area contributed by atoms with Gasteiger partial charge in [-0.1, -0.05) is 18.2 Å². The van der Waals surface area contributed by atoms with Crippen LogP contribution in [0.4, 0.5) is 19.0 Å². The monoisotopic (exact) mass is 552 g/mol. The number of anilines is 1. The summed E-state index contributed by atoms with van der Waals surface area (Å²) in [7, 11) is 0. The molecule has 2 aliphatic rings. The maximum absolute atomic E-state index is 13.6. The lowest BCUT2D eigenvalue weighted by molar-refractivity contribution is -0.159. The van der Waals surface area contributed by atoms with Crippen LogP contribution in [0.5, 0.6) is 0 Å². The van der Waals surface area contributed by atoms with E-state index in [0.29, 0.717) is 32.5 Å². The van der Waals surface area contributed by atoms with Crippen LogP contribution in [0.15, 0.2) is 42.9 Å². The molecule has 0 aliphatic carbocycles. The first-order valence-electron chi connectivity index (χ1n) is 12.3. The third-order valence-electron chi connectivity index (χ3n) is 7.06. The molecule has 1 amide bonds. The Hall–Kier alpha value is -3.78. The smallest absolute Gasteiger partial charge is 0.416 e. The Balaban J connectivity index is 0.000000631. The van der Waals surface area contributed by atoms with E-state index < -0.39 is 29.1 Å². The largest absolute Gasteiger partial charge is 0.473 e. The number of piperidine rings is 1. The number of alkyl halides is 3. The van der Waals surface area contributed by atoms with Gasteiger partial charge in [-0.2, -0.15) is 13.2 Å². The van der Waals surface area contributed by atoms with Gasteiger partial charge in [0.1, 0.15) is 5.82 Å². The summed E-state index contributed by atoms with van der Waals surface area (Å²) in [5.74, 6) is -2.81. The van der Waals surface area contributed by atoms with Crippen LogP contribution in [0.25, 0.3) is 0 Å². The molecule has 2 aromatic rings. The van der Waals surface area contributed by atoms with Crippen molar-refractivity contribution in [2.24, 2.45) is 5.73 Å². The molecule has 2 fully saturated rings. The van der Waals surface area contributed by atoms with Gasteiger partial charge in [0.05, 0.1) is 18.3 Å². The van der Waals surface area contributed by atoms with Crippen molar-refractivity contribution in [3.63, 3.8) is 0 Å². The van der Waals surface area contributed by atoms with Gasteiger partial charge in [0.2, 0.25) is 5.91 Å². The second kappa shape index (κ2) is 12.8. The Bertz CT molecular complexity index is 1120. The third kappa shape index (κ3) is 7.63. The number of piperazine rings is 1. The second-order valence-corrected chi connectivity index (χ2v) is 9.35. The summed E-state index contributed by atoms with van der Waals surface area (Å²) in [6.45, 7) is 4.23. The van der Waals surface area contributed by atoms with E-state index in [0.717, 1.165) is 38.1 Å². The van der Waals surface area contributed by atoms with E-state index in [1.165, 1.54) is 12.1 Å². The van der Waals surface area contributed by atoms with Gasteiger partial charge in [0.25, 0.3) is 0 Å². The predicted molar refractivity (Wildman–Crippen MR) is 134 cm³/mol. The summed E-state index contributed by atoms with van der Waals surface area (Å²) in [6, 6.07) is 5.67. The minimum Gasteiger partial charge on any atom is -0.473 e. The van der Waals surface area contributed by atoms with Crippen LogP contribution in [0.3, 0.4) is 0 Å². The van der Waals surface area contributed by atoms with Gasteiger partial charge < -0.3 is 25.7 Å². The number of benzene rings is 1. The molecule has 0 bridgehead atoms. The average molecular weight is 553 g/mol. The zero-order valence-electron chi connectivity index (χ0n) is 21.2. The summed E-state index contributed by atoms with van der Waals surface area (Å²) in [5.41, 5.74) is 4.86. The van der Waals surface area contributed by atoms with Gasteiger partial charge >= 0.3 is 18.1 Å². The molecule has 1 aromatic carbocycles. The van der Waals surface area contributed by atoms with E-state index in [9.17, 15) is 18.0 Å². The van der Waals surface area contributed by atoms with Crippen LogP contribution in [-0.4, -0.2) is 100 Å². The number of nitrogens with two attached hydrogens (primary N) is 1. The topological polar surface area (TPSA) is 153 Å². The quantitative estimate of drug-likeness (QED) is 0.463. The Kier molecular flexibility index (Phi) is 9.81. The Morgan fingerprint density at radius 3 is 2.08 bits per heavy atom. The molecule has 11 nitrogen and oxygen atoms in total. The third-order valence-corrected chi connectivity index (χ3v) is 7.06. The number of halogens is 3. The number of carbonyl (C=O) groups is 3. The summed E-state index contributed by atoms with van der Waals surface area (Å²) >= 11 is 0. The Labute approximate surface area is 223 Å². The molecule has 14 heteroatoms.